The van der Waals surface area contributed by atoms with Crippen molar-refractivity contribution in [2.24, 2.45) is 0 Å². The Hall–Kier alpha value is -3.34. The second kappa shape index (κ2) is 13.7. The van der Waals surface area contributed by atoms with Gasteiger partial charge in [-0.2, -0.15) is 0 Å². The fourth-order valence-corrected chi connectivity index (χ4v) is 6.61. The Morgan fingerprint density at radius 2 is 1.14 bits per heavy atom. The Morgan fingerprint density at radius 3 is 1.52 bits per heavy atom. The van der Waals surface area contributed by atoms with Crippen LogP contribution in [-0.2, 0) is 38.6 Å². The van der Waals surface area contributed by atoms with Crippen LogP contribution in [-0.4, -0.2) is 62.7 Å². The summed E-state index contributed by atoms with van der Waals surface area (Å²) < 4.78 is 31.2. The minimum absolute atomic E-state index is 0.0994. The van der Waals surface area contributed by atoms with Crippen LogP contribution in [0.25, 0.3) is 0 Å². The first-order valence-corrected chi connectivity index (χ1v) is 17.8. The zero-order valence-electron chi connectivity index (χ0n) is 26.6. The third-order valence-corrected chi connectivity index (χ3v) is 12.9. The van der Waals surface area contributed by atoms with Crippen LogP contribution < -0.4 is 0 Å². The molecular formula is C35H44O8Si. The van der Waals surface area contributed by atoms with Gasteiger partial charge < -0.3 is 28.5 Å². The fraction of sp³-hybridized carbons (Fsp3) is 0.429. The largest absolute Gasteiger partial charge is 0.457 e. The molecule has 0 unspecified atom stereocenters. The van der Waals surface area contributed by atoms with Crippen LogP contribution in [0, 0.1) is 0 Å². The first-order chi connectivity index (χ1) is 20.8. The van der Waals surface area contributed by atoms with Gasteiger partial charge in [0.05, 0.1) is 6.61 Å². The molecule has 9 heteroatoms. The predicted octanol–water partition coefficient (Wildman–Crippen LogP) is 5.97. The number of esters is 2. The lowest BCUT2D eigenvalue weighted by molar-refractivity contribution is -0.294. The summed E-state index contributed by atoms with van der Waals surface area (Å²) in [7, 11) is -2.54. The van der Waals surface area contributed by atoms with Crippen LogP contribution in [0.1, 0.15) is 51.3 Å². The average molecular weight is 621 g/mol. The Bertz CT molecular complexity index is 1280. The maximum Gasteiger partial charge on any atom is 0.303 e. The average Bonchev–Trinajstić information content (AvgIpc) is 2.97. The summed E-state index contributed by atoms with van der Waals surface area (Å²) in [6.45, 7) is 12.8. The molecule has 1 heterocycles. The molecule has 1 aliphatic heterocycles. The van der Waals surface area contributed by atoms with Gasteiger partial charge in [-0.1, -0.05) is 112 Å². The van der Waals surface area contributed by atoms with Crippen molar-refractivity contribution >= 4 is 20.3 Å². The number of aliphatic hydroxyl groups is 1. The van der Waals surface area contributed by atoms with Crippen LogP contribution >= 0.6 is 0 Å². The summed E-state index contributed by atoms with van der Waals surface area (Å²) in [4.78, 5) is 24.6. The lowest BCUT2D eigenvalue weighted by atomic mass is 9.80. The van der Waals surface area contributed by atoms with E-state index >= 15 is 0 Å². The molecule has 8 nitrogen and oxygen atoms in total. The van der Waals surface area contributed by atoms with Crippen molar-refractivity contribution in [2.75, 3.05) is 6.61 Å². The molecule has 0 saturated carbocycles. The zero-order chi connectivity index (χ0) is 32.1. The monoisotopic (exact) mass is 620 g/mol. The molecule has 0 radical (unpaired) electrons. The molecular weight excluding hydrogens is 576 g/mol. The molecule has 4 rings (SSSR count). The second-order valence-corrected chi connectivity index (χ2v) is 17.4. The third kappa shape index (κ3) is 7.30. The van der Waals surface area contributed by atoms with Gasteiger partial charge in [0.2, 0.25) is 0 Å². The van der Waals surface area contributed by atoms with Crippen LogP contribution in [0.4, 0.5) is 0 Å². The lowest BCUT2D eigenvalue weighted by Gasteiger charge is -2.48. The van der Waals surface area contributed by atoms with E-state index in [0.29, 0.717) is 0 Å². The van der Waals surface area contributed by atoms with E-state index in [1.807, 2.05) is 104 Å². The van der Waals surface area contributed by atoms with Crippen molar-refractivity contribution in [1.29, 1.82) is 0 Å². The number of carbonyl (C=O) groups excluding carboxylic acids is 2. The van der Waals surface area contributed by atoms with Gasteiger partial charge in [-0.3, -0.25) is 9.59 Å². The van der Waals surface area contributed by atoms with E-state index in [-0.39, 0.29) is 11.6 Å². The van der Waals surface area contributed by atoms with Crippen LogP contribution in [0.3, 0.4) is 0 Å². The number of hydrogen-bond donors (Lipinski definition) is 1. The molecule has 1 aliphatic rings. The molecule has 3 aromatic carbocycles. The smallest absolute Gasteiger partial charge is 0.303 e. The lowest BCUT2D eigenvalue weighted by Crippen LogP contribution is -2.65. The van der Waals surface area contributed by atoms with Gasteiger partial charge in [0.15, 0.2) is 26.8 Å². The van der Waals surface area contributed by atoms with E-state index < -0.39 is 56.6 Å². The molecule has 44 heavy (non-hydrogen) atoms. The number of benzene rings is 3. The van der Waals surface area contributed by atoms with Crippen molar-refractivity contribution in [2.45, 2.75) is 89.1 Å². The Kier molecular flexibility index (Phi) is 10.5. The van der Waals surface area contributed by atoms with Crippen molar-refractivity contribution in [3.8, 4) is 0 Å². The maximum absolute atomic E-state index is 12.5. The van der Waals surface area contributed by atoms with Crippen LogP contribution in [0.2, 0.25) is 18.1 Å². The topological polar surface area (TPSA) is 101 Å². The Labute approximate surface area is 261 Å². The second-order valence-electron chi connectivity index (χ2n) is 12.6. The van der Waals surface area contributed by atoms with Gasteiger partial charge in [0.25, 0.3) is 0 Å². The van der Waals surface area contributed by atoms with E-state index in [4.69, 9.17) is 23.4 Å². The molecule has 1 fully saturated rings. The summed E-state index contributed by atoms with van der Waals surface area (Å²) in [5, 5.41) is 11.0. The van der Waals surface area contributed by atoms with Crippen molar-refractivity contribution in [1.82, 2.24) is 0 Å². The molecule has 1 N–H and O–H groups in total. The number of carbonyl (C=O) groups is 2. The highest BCUT2D eigenvalue weighted by Gasteiger charge is 2.54. The zero-order valence-corrected chi connectivity index (χ0v) is 27.6. The highest BCUT2D eigenvalue weighted by Crippen LogP contribution is 2.43. The highest BCUT2D eigenvalue weighted by atomic mass is 28.4. The summed E-state index contributed by atoms with van der Waals surface area (Å²) in [5.41, 5.74) is 1.56. The summed E-state index contributed by atoms with van der Waals surface area (Å²) in [5.74, 6) is -1.18. The van der Waals surface area contributed by atoms with Crippen LogP contribution in [0.5, 0.6) is 0 Å². The third-order valence-electron chi connectivity index (χ3n) is 8.46. The molecule has 236 valence electrons. The predicted molar refractivity (Wildman–Crippen MR) is 169 cm³/mol. The molecule has 5 atom stereocenters. The molecule has 0 aliphatic carbocycles. The minimum atomic E-state index is -2.54. The number of aliphatic hydroxyl groups excluding tert-OH is 1. The minimum Gasteiger partial charge on any atom is -0.457 e. The summed E-state index contributed by atoms with van der Waals surface area (Å²) >= 11 is 0. The van der Waals surface area contributed by atoms with Gasteiger partial charge in [0, 0.05) is 13.8 Å². The highest BCUT2D eigenvalue weighted by molar-refractivity contribution is 6.74. The van der Waals surface area contributed by atoms with Crippen molar-refractivity contribution in [3.63, 3.8) is 0 Å². The van der Waals surface area contributed by atoms with Gasteiger partial charge in [-0.05, 0) is 34.8 Å². The number of rotatable bonds is 10. The molecule has 0 bridgehead atoms. The Balaban J connectivity index is 1.81. The SMILES string of the molecule is CC(=O)O[C@@H]1[C@@H](O[Si](C)(C)C(C)(C)C)[C@H](OC(C)=O)[C@@H](COC(c2ccccc2)(c2ccccc2)c2ccccc2)O[C@H]1O. The fourth-order valence-electron chi connectivity index (χ4n) is 5.31. The van der Waals surface area contributed by atoms with Crippen molar-refractivity contribution in [3.05, 3.63) is 108 Å². The first-order valence-electron chi connectivity index (χ1n) is 14.9. The standard InChI is InChI=1S/C35H44O8Si/c1-24(36)40-30-29(42-33(38)32(41-25(2)37)31(30)43-44(6,7)34(3,4)5)23-39-35(26-17-11-8-12-18-26,27-19-13-9-14-20-27)28-21-15-10-16-22-28/h8-22,29-33,38H,23H2,1-7H3/t29-,30-,31+,32-,33-/m1/s1. The normalized spacial score (nSPS) is 22.7. The quantitative estimate of drug-likeness (QED) is 0.168. The van der Waals surface area contributed by atoms with E-state index in [1.165, 1.54) is 13.8 Å². The van der Waals surface area contributed by atoms with Crippen LogP contribution in [0.15, 0.2) is 91.0 Å². The van der Waals surface area contributed by atoms with Gasteiger partial charge >= 0.3 is 11.9 Å². The van der Waals surface area contributed by atoms with Crippen molar-refractivity contribution < 1.29 is 38.1 Å². The van der Waals surface area contributed by atoms with Gasteiger partial charge in [0.1, 0.15) is 17.8 Å². The van der Waals surface area contributed by atoms with Gasteiger partial charge in [-0.25, -0.2) is 0 Å². The number of hydrogen-bond acceptors (Lipinski definition) is 8. The summed E-state index contributed by atoms with van der Waals surface area (Å²) in [6.07, 6.45) is -5.78. The Morgan fingerprint density at radius 1 is 0.727 bits per heavy atom. The van der Waals surface area contributed by atoms with E-state index in [0.717, 1.165) is 16.7 Å². The van der Waals surface area contributed by atoms with E-state index in [1.54, 1.807) is 0 Å². The molecule has 3 aromatic rings. The van der Waals surface area contributed by atoms with E-state index in [9.17, 15) is 14.7 Å². The molecule has 1 saturated heterocycles. The molecule has 0 aromatic heterocycles. The van der Waals surface area contributed by atoms with Gasteiger partial charge in [-0.15, -0.1) is 0 Å². The summed E-state index contributed by atoms with van der Waals surface area (Å²) in [6, 6.07) is 29.6. The molecule has 0 amide bonds. The number of ether oxygens (including phenoxy) is 4. The molecule has 0 spiro atoms. The first kappa shape index (κ1) is 33.5. The maximum atomic E-state index is 12.5. The van der Waals surface area contributed by atoms with E-state index in [2.05, 4.69) is 20.8 Å².